The fourth-order valence-electron chi connectivity index (χ4n) is 9.51. The molecule has 1 amide bonds. The fourth-order valence-corrected chi connectivity index (χ4v) is 9.51. The maximum absolute atomic E-state index is 13.0. The number of aliphatic hydroxyl groups excluding tert-OH is 5. The van der Waals surface area contributed by atoms with Crippen LogP contribution in [0.4, 0.5) is 0 Å². The van der Waals surface area contributed by atoms with Crippen LogP contribution in [0.2, 0.25) is 0 Å². The molecule has 392 valence electrons. The first kappa shape index (κ1) is 62.9. The van der Waals surface area contributed by atoms with Gasteiger partial charge in [0.15, 0.2) is 6.29 Å². The third-order valence-electron chi connectivity index (χ3n) is 14.1. The van der Waals surface area contributed by atoms with Crippen molar-refractivity contribution in [3.05, 3.63) is 12.2 Å². The van der Waals surface area contributed by atoms with Crippen LogP contribution in [0.15, 0.2) is 12.2 Å². The molecule has 1 aliphatic heterocycles. The van der Waals surface area contributed by atoms with Gasteiger partial charge in [0, 0.05) is 6.42 Å². The third-order valence-corrected chi connectivity index (χ3v) is 14.1. The Hall–Kier alpha value is -1.07. The molecule has 6 N–H and O–H groups in total. The van der Waals surface area contributed by atoms with Gasteiger partial charge in [-0.15, -0.1) is 0 Å². The van der Waals surface area contributed by atoms with Crippen molar-refractivity contribution in [2.24, 2.45) is 0 Å². The number of nitrogens with one attached hydrogen (secondary N) is 1. The van der Waals surface area contributed by atoms with Crippen molar-refractivity contribution in [3.63, 3.8) is 0 Å². The highest BCUT2D eigenvalue weighted by atomic mass is 16.7. The highest BCUT2D eigenvalue weighted by molar-refractivity contribution is 5.76. The van der Waals surface area contributed by atoms with Gasteiger partial charge in [0.1, 0.15) is 24.4 Å². The Balaban J connectivity index is 2.16. The average molecular weight is 939 g/mol. The Bertz CT molecular complexity index is 1040. The zero-order chi connectivity index (χ0) is 48.0. The summed E-state index contributed by atoms with van der Waals surface area (Å²) in [5.41, 5.74) is 0. The third kappa shape index (κ3) is 36.9. The van der Waals surface area contributed by atoms with Crippen LogP contribution in [-0.4, -0.2) is 87.5 Å². The van der Waals surface area contributed by atoms with Gasteiger partial charge in [-0.05, 0) is 19.3 Å². The number of aliphatic hydroxyl groups is 5. The van der Waals surface area contributed by atoms with E-state index < -0.39 is 49.5 Å². The highest BCUT2D eigenvalue weighted by Crippen LogP contribution is 2.23. The van der Waals surface area contributed by atoms with E-state index in [0.29, 0.717) is 6.42 Å². The zero-order valence-electron chi connectivity index (χ0n) is 43.5. The maximum Gasteiger partial charge on any atom is 0.220 e. The van der Waals surface area contributed by atoms with Gasteiger partial charge in [0.2, 0.25) is 5.91 Å². The largest absolute Gasteiger partial charge is 0.394 e. The Kier molecular flexibility index (Phi) is 45.4. The second-order valence-electron chi connectivity index (χ2n) is 20.5. The number of carbonyl (C=O) groups excluding carboxylic acids is 1. The molecule has 2 unspecified atom stereocenters. The summed E-state index contributed by atoms with van der Waals surface area (Å²) in [5, 5.41) is 54.4. The Morgan fingerprint density at radius 1 is 0.500 bits per heavy atom. The summed E-state index contributed by atoms with van der Waals surface area (Å²) in [6, 6.07) is -0.799. The number of allylic oxidation sites excluding steroid dienone is 1. The van der Waals surface area contributed by atoms with Crippen molar-refractivity contribution in [1.82, 2.24) is 5.32 Å². The first-order valence-corrected chi connectivity index (χ1v) is 28.9. The molecular weight excluding hydrogens is 827 g/mol. The summed E-state index contributed by atoms with van der Waals surface area (Å²) in [6.07, 6.45) is 51.4. The van der Waals surface area contributed by atoms with E-state index in [0.717, 1.165) is 38.5 Å². The molecule has 1 aliphatic rings. The van der Waals surface area contributed by atoms with E-state index >= 15 is 0 Å². The molecule has 9 heteroatoms. The second kappa shape index (κ2) is 47.6. The molecule has 0 aromatic carbocycles. The van der Waals surface area contributed by atoms with Gasteiger partial charge in [0.25, 0.3) is 0 Å². The standard InChI is InChI=1S/C57H111NO8/c1-3-5-7-9-11-13-15-17-19-20-21-22-23-24-25-26-27-28-29-30-31-33-35-37-39-41-43-45-47-53(61)58-50(49-65-57-56(64)55(63)54(62)52(48-59)66-57)51(60)46-44-42-40-38-36-34-32-18-16-14-12-10-8-6-4-2/h44,46,50-52,54-57,59-60,62-64H,3-43,45,47-49H2,1-2H3,(H,58,61)/b46-44+/t50-,51+,52+,54-,55?,56?,57+/m0/s1. The molecule has 66 heavy (non-hydrogen) atoms. The fraction of sp³-hybridized carbons (Fsp3) is 0.947. The molecule has 0 bridgehead atoms. The van der Waals surface area contributed by atoms with Crippen molar-refractivity contribution in [1.29, 1.82) is 0 Å². The number of rotatable bonds is 50. The quantitative estimate of drug-likeness (QED) is 0.0261. The van der Waals surface area contributed by atoms with Crippen LogP contribution in [0.1, 0.15) is 290 Å². The number of hydrogen-bond acceptors (Lipinski definition) is 8. The topological polar surface area (TPSA) is 149 Å². The smallest absolute Gasteiger partial charge is 0.220 e. The van der Waals surface area contributed by atoms with Crippen LogP contribution in [-0.2, 0) is 14.3 Å². The van der Waals surface area contributed by atoms with Crippen LogP contribution in [0.3, 0.4) is 0 Å². The monoisotopic (exact) mass is 938 g/mol. The molecule has 0 radical (unpaired) electrons. The van der Waals surface area contributed by atoms with E-state index in [1.807, 2.05) is 6.08 Å². The van der Waals surface area contributed by atoms with Crippen LogP contribution in [0.5, 0.6) is 0 Å². The first-order chi connectivity index (χ1) is 32.3. The molecule has 1 fully saturated rings. The van der Waals surface area contributed by atoms with Crippen molar-refractivity contribution in [2.75, 3.05) is 13.2 Å². The molecule has 7 atom stereocenters. The summed E-state index contributed by atoms with van der Waals surface area (Å²) in [5.74, 6) is -0.170. The molecule has 1 heterocycles. The van der Waals surface area contributed by atoms with Gasteiger partial charge < -0.3 is 40.3 Å². The van der Waals surface area contributed by atoms with Gasteiger partial charge in [-0.2, -0.15) is 0 Å². The predicted octanol–water partition coefficient (Wildman–Crippen LogP) is 14.0. The molecule has 0 aromatic heterocycles. The molecule has 1 rings (SSSR count). The number of ether oxygens (including phenoxy) is 2. The summed E-state index contributed by atoms with van der Waals surface area (Å²) in [6.45, 7) is 3.81. The van der Waals surface area contributed by atoms with E-state index in [1.165, 1.54) is 231 Å². The normalized spacial score (nSPS) is 19.8. The molecule has 9 nitrogen and oxygen atoms in total. The summed E-state index contributed by atoms with van der Waals surface area (Å²) >= 11 is 0. The van der Waals surface area contributed by atoms with Gasteiger partial charge >= 0.3 is 0 Å². The number of amides is 1. The lowest BCUT2D eigenvalue weighted by atomic mass is 9.99. The number of hydrogen-bond donors (Lipinski definition) is 6. The van der Waals surface area contributed by atoms with Crippen molar-refractivity contribution < 1.29 is 39.8 Å². The lowest BCUT2D eigenvalue weighted by Crippen LogP contribution is -2.60. The molecule has 0 aromatic rings. The predicted molar refractivity (Wildman–Crippen MR) is 277 cm³/mol. The number of carbonyl (C=O) groups is 1. The lowest BCUT2D eigenvalue weighted by molar-refractivity contribution is -0.302. The second-order valence-corrected chi connectivity index (χ2v) is 20.5. The van der Waals surface area contributed by atoms with Crippen LogP contribution in [0.25, 0.3) is 0 Å². The Morgan fingerprint density at radius 2 is 0.833 bits per heavy atom. The van der Waals surface area contributed by atoms with Crippen molar-refractivity contribution in [3.8, 4) is 0 Å². The minimum absolute atomic E-state index is 0.170. The molecule has 0 spiro atoms. The first-order valence-electron chi connectivity index (χ1n) is 28.9. The van der Waals surface area contributed by atoms with Crippen LogP contribution in [0, 0.1) is 0 Å². The van der Waals surface area contributed by atoms with Gasteiger partial charge in [0.05, 0.1) is 25.4 Å². The number of unbranched alkanes of at least 4 members (excludes halogenated alkanes) is 40. The Labute approximate surface area is 407 Å². The minimum Gasteiger partial charge on any atom is -0.394 e. The summed E-state index contributed by atoms with van der Waals surface area (Å²) < 4.78 is 11.3. The van der Waals surface area contributed by atoms with E-state index in [1.54, 1.807) is 6.08 Å². The maximum atomic E-state index is 13.0. The van der Waals surface area contributed by atoms with Gasteiger partial charge in [-0.3, -0.25) is 4.79 Å². The molecule has 0 saturated carbocycles. The van der Waals surface area contributed by atoms with E-state index in [4.69, 9.17) is 9.47 Å². The highest BCUT2D eigenvalue weighted by Gasteiger charge is 2.44. The summed E-state index contributed by atoms with van der Waals surface area (Å²) in [4.78, 5) is 13.0. The minimum atomic E-state index is -1.56. The lowest BCUT2D eigenvalue weighted by Gasteiger charge is -2.40. The summed E-state index contributed by atoms with van der Waals surface area (Å²) in [7, 11) is 0. The molecule has 0 aliphatic carbocycles. The van der Waals surface area contributed by atoms with Crippen molar-refractivity contribution in [2.45, 2.75) is 333 Å². The Morgan fingerprint density at radius 3 is 1.18 bits per heavy atom. The molecule has 1 saturated heterocycles. The van der Waals surface area contributed by atoms with Crippen molar-refractivity contribution >= 4 is 5.91 Å². The van der Waals surface area contributed by atoms with Crippen LogP contribution >= 0.6 is 0 Å². The van der Waals surface area contributed by atoms with Crippen LogP contribution < -0.4 is 5.32 Å². The van der Waals surface area contributed by atoms with E-state index in [-0.39, 0.29) is 12.5 Å². The molecular formula is C57H111NO8. The van der Waals surface area contributed by atoms with Gasteiger partial charge in [-0.1, -0.05) is 276 Å². The average Bonchev–Trinajstić information content (AvgIpc) is 3.32. The zero-order valence-corrected chi connectivity index (χ0v) is 43.5. The van der Waals surface area contributed by atoms with Gasteiger partial charge in [-0.25, -0.2) is 0 Å². The van der Waals surface area contributed by atoms with E-state index in [9.17, 15) is 30.3 Å². The van der Waals surface area contributed by atoms with E-state index in [2.05, 4.69) is 19.2 Å². The SMILES string of the molecule is CCCCCCCCCCCCCCC/C=C/[C@@H](O)[C@H](CO[C@@H]1O[C@H](CO)[C@H](O)C(O)C1O)NC(=O)CCCCCCCCCCCCCCCCCCCCCCCCCCCCCC.